The van der Waals surface area contributed by atoms with Gasteiger partial charge in [0.1, 0.15) is 5.78 Å². The Morgan fingerprint density at radius 1 is 1.28 bits per heavy atom. The van der Waals surface area contributed by atoms with Gasteiger partial charge in [0.25, 0.3) is 0 Å². The molecule has 0 radical (unpaired) electrons. The molecule has 0 bridgehead atoms. The lowest BCUT2D eigenvalue weighted by Crippen LogP contribution is -2.36. The van der Waals surface area contributed by atoms with Gasteiger partial charge in [0.15, 0.2) is 0 Å². The molecule has 2 atom stereocenters. The van der Waals surface area contributed by atoms with Crippen LogP contribution in [0.15, 0.2) is 42.0 Å². The van der Waals surface area contributed by atoms with Crippen molar-refractivity contribution >= 4 is 5.78 Å². The topological polar surface area (TPSA) is 17.1 Å². The zero-order valence-electron chi connectivity index (χ0n) is 11.0. The van der Waals surface area contributed by atoms with E-state index in [1.165, 1.54) is 11.1 Å². The second-order valence-corrected chi connectivity index (χ2v) is 5.94. The van der Waals surface area contributed by atoms with Crippen molar-refractivity contribution in [2.24, 2.45) is 11.3 Å². The fraction of sp³-hybridized carbons (Fsp3) is 0.471. The molecule has 1 nitrogen and oxygen atoms in total. The molecule has 0 N–H and O–H groups in total. The van der Waals surface area contributed by atoms with Crippen LogP contribution in [0.2, 0.25) is 0 Å². The summed E-state index contributed by atoms with van der Waals surface area (Å²) >= 11 is 0. The fourth-order valence-corrected chi connectivity index (χ4v) is 3.74. The highest BCUT2D eigenvalue weighted by Gasteiger charge is 2.49. The van der Waals surface area contributed by atoms with Crippen LogP contribution in [0.5, 0.6) is 0 Å². The van der Waals surface area contributed by atoms with Crippen molar-refractivity contribution in [2.75, 3.05) is 0 Å². The van der Waals surface area contributed by atoms with Crippen LogP contribution in [-0.2, 0) is 11.2 Å². The third-order valence-corrected chi connectivity index (χ3v) is 4.80. The van der Waals surface area contributed by atoms with E-state index in [0.717, 1.165) is 32.1 Å². The van der Waals surface area contributed by atoms with Gasteiger partial charge in [-0.05, 0) is 44.1 Å². The van der Waals surface area contributed by atoms with Crippen LogP contribution in [0, 0.1) is 11.3 Å². The van der Waals surface area contributed by atoms with Gasteiger partial charge in [-0.2, -0.15) is 0 Å². The quantitative estimate of drug-likeness (QED) is 0.716. The van der Waals surface area contributed by atoms with Crippen molar-refractivity contribution in [3.05, 3.63) is 47.5 Å². The zero-order valence-corrected chi connectivity index (χ0v) is 11.0. The van der Waals surface area contributed by atoms with Crippen LogP contribution in [0.25, 0.3) is 0 Å². The first-order valence-electron chi connectivity index (χ1n) is 6.93. The maximum Gasteiger partial charge on any atom is 0.139 e. The van der Waals surface area contributed by atoms with Gasteiger partial charge < -0.3 is 0 Å². The summed E-state index contributed by atoms with van der Waals surface area (Å²) in [6, 6.07) is 10.5. The van der Waals surface area contributed by atoms with E-state index in [1.54, 1.807) is 0 Å². The van der Waals surface area contributed by atoms with Crippen LogP contribution < -0.4 is 0 Å². The number of allylic oxidation sites excluding steroid dienone is 2. The van der Waals surface area contributed by atoms with E-state index in [2.05, 4.69) is 37.3 Å². The van der Waals surface area contributed by atoms with Crippen LogP contribution >= 0.6 is 0 Å². The summed E-state index contributed by atoms with van der Waals surface area (Å²) < 4.78 is 0. The van der Waals surface area contributed by atoms with Gasteiger partial charge in [-0.1, -0.05) is 42.0 Å². The molecule has 0 saturated heterocycles. The highest BCUT2D eigenvalue weighted by Crippen LogP contribution is 2.51. The highest BCUT2D eigenvalue weighted by atomic mass is 16.1. The summed E-state index contributed by atoms with van der Waals surface area (Å²) in [4.78, 5) is 12.4. The Hall–Kier alpha value is -1.37. The van der Waals surface area contributed by atoms with E-state index in [4.69, 9.17) is 0 Å². The van der Waals surface area contributed by atoms with Crippen LogP contribution in [0.1, 0.15) is 38.2 Å². The van der Waals surface area contributed by atoms with Gasteiger partial charge in [-0.25, -0.2) is 0 Å². The summed E-state index contributed by atoms with van der Waals surface area (Å²) in [5.74, 6) is 1.08. The number of Topliss-reactive ketones (excluding diaryl/α,β-unsaturated/α-hetero) is 1. The molecule has 3 rings (SSSR count). The van der Waals surface area contributed by atoms with Crippen LogP contribution in [0.4, 0.5) is 0 Å². The zero-order chi connectivity index (χ0) is 12.6. The number of rotatable bonds is 2. The molecule has 1 aromatic carbocycles. The van der Waals surface area contributed by atoms with E-state index in [1.807, 2.05) is 6.07 Å². The van der Waals surface area contributed by atoms with Gasteiger partial charge >= 0.3 is 0 Å². The fourth-order valence-electron chi connectivity index (χ4n) is 3.74. The second kappa shape index (κ2) is 4.38. The molecule has 1 fully saturated rings. The standard InChI is InChI=1S/C17H20O/c1-13-9-10-17(12-14-5-3-2-4-6-14)15(11-13)7-8-16(17)18/h2-6,9,15H,7-8,10-12H2,1H3/t15-,17-/m0/s1. The predicted octanol–water partition coefficient (Wildman–Crippen LogP) is 3.93. The number of hydrogen-bond donors (Lipinski definition) is 0. The van der Waals surface area contributed by atoms with Crippen LogP contribution in [-0.4, -0.2) is 5.78 Å². The summed E-state index contributed by atoms with van der Waals surface area (Å²) in [5, 5.41) is 0. The second-order valence-electron chi connectivity index (χ2n) is 5.94. The minimum Gasteiger partial charge on any atom is -0.299 e. The predicted molar refractivity (Wildman–Crippen MR) is 73.3 cm³/mol. The van der Waals surface area contributed by atoms with E-state index in [-0.39, 0.29) is 5.41 Å². The maximum atomic E-state index is 12.4. The first-order chi connectivity index (χ1) is 8.71. The Bertz CT molecular complexity index is 486. The molecule has 1 saturated carbocycles. The largest absolute Gasteiger partial charge is 0.299 e. The Balaban J connectivity index is 1.93. The number of benzene rings is 1. The van der Waals surface area contributed by atoms with Crippen molar-refractivity contribution in [2.45, 2.75) is 39.0 Å². The molecule has 18 heavy (non-hydrogen) atoms. The number of carbonyl (C=O) groups excluding carboxylic acids is 1. The van der Waals surface area contributed by atoms with Crippen molar-refractivity contribution in [1.29, 1.82) is 0 Å². The molecule has 0 aromatic heterocycles. The lowest BCUT2D eigenvalue weighted by atomic mass is 9.65. The summed E-state index contributed by atoms with van der Waals surface area (Å²) in [5.41, 5.74) is 2.70. The van der Waals surface area contributed by atoms with Crippen molar-refractivity contribution < 1.29 is 4.79 Å². The lowest BCUT2D eigenvalue weighted by molar-refractivity contribution is -0.127. The first kappa shape index (κ1) is 11.7. The molecule has 0 spiro atoms. The number of carbonyl (C=O) groups is 1. The van der Waals surface area contributed by atoms with Gasteiger partial charge in [-0.15, -0.1) is 0 Å². The Morgan fingerprint density at radius 3 is 2.83 bits per heavy atom. The molecule has 2 aliphatic carbocycles. The van der Waals surface area contributed by atoms with E-state index >= 15 is 0 Å². The summed E-state index contributed by atoms with van der Waals surface area (Å²) in [7, 11) is 0. The third kappa shape index (κ3) is 1.82. The molecule has 1 heteroatoms. The van der Waals surface area contributed by atoms with Crippen molar-refractivity contribution in [1.82, 2.24) is 0 Å². The number of fused-ring (bicyclic) bond motifs is 1. The monoisotopic (exact) mass is 240 g/mol. The molecule has 0 unspecified atom stereocenters. The molecule has 1 aromatic rings. The van der Waals surface area contributed by atoms with E-state index in [9.17, 15) is 4.79 Å². The minimum atomic E-state index is -0.0825. The normalized spacial score (nSPS) is 31.1. The minimum absolute atomic E-state index is 0.0825. The SMILES string of the molecule is CC1=CC[C@@]2(Cc3ccccc3)C(=O)CC[C@H]2C1. The van der Waals surface area contributed by atoms with E-state index < -0.39 is 0 Å². The van der Waals surface area contributed by atoms with Gasteiger partial charge in [0, 0.05) is 11.8 Å². The van der Waals surface area contributed by atoms with Gasteiger partial charge in [0.2, 0.25) is 0 Å². The first-order valence-corrected chi connectivity index (χ1v) is 6.93. The van der Waals surface area contributed by atoms with Crippen molar-refractivity contribution in [3.8, 4) is 0 Å². The maximum absolute atomic E-state index is 12.4. The smallest absolute Gasteiger partial charge is 0.139 e. The van der Waals surface area contributed by atoms with Crippen molar-refractivity contribution in [3.63, 3.8) is 0 Å². The Labute approximate surface area is 109 Å². The Kier molecular flexibility index (Phi) is 2.85. The number of hydrogen-bond acceptors (Lipinski definition) is 1. The highest BCUT2D eigenvalue weighted by molar-refractivity contribution is 5.88. The molecule has 94 valence electrons. The molecule has 2 aliphatic rings. The number of ketones is 1. The molecular weight excluding hydrogens is 220 g/mol. The average Bonchev–Trinajstić information content (AvgIpc) is 2.69. The Morgan fingerprint density at radius 2 is 2.06 bits per heavy atom. The molecule has 0 aliphatic heterocycles. The average molecular weight is 240 g/mol. The molecule has 0 heterocycles. The van der Waals surface area contributed by atoms with Gasteiger partial charge in [-0.3, -0.25) is 4.79 Å². The third-order valence-electron chi connectivity index (χ3n) is 4.80. The lowest BCUT2D eigenvalue weighted by Gasteiger charge is -2.37. The summed E-state index contributed by atoms with van der Waals surface area (Å²) in [6.45, 7) is 2.20. The molecule has 0 amide bonds. The van der Waals surface area contributed by atoms with Crippen LogP contribution in [0.3, 0.4) is 0 Å². The molecular formula is C17H20O. The summed E-state index contributed by atoms with van der Waals surface area (Å²) in [6.07, 6.45) is 7.19. The van der Waals surface area contributed by atoms with Gasteiger partial charge in [0.05, 0.1) is 0 Å². The van der Waals surface area contributed by atoms with E-state index in [0.29, 0.717) is 11.7 Å².